The molecule has 5 nitrogen and oxygen atoms in total. The second-order valence-corrected chi connectivity index (χ2v) is 2.77. The van der Waals surface area contributed by atoms with Gasteiger partial charge in [-0.2, -0.15) is 0 Å². The van der Waals surface area contributed by atoms with Crippen LogP contribution in [0.5, 0.6) is 0 Å². The zero-order chi connectivity index (χ0) is 10.6. The number of nitrogens with zero attached hydrogens (tertiary/aromatic N) is 3. The predicted molar refractivity (Wildman–Crippen MR) is 47.5 cm³/mol. The van der Waals surface area contributed by atoms with Crippen LogP contribution in [0.15, 0.2) is 12.4 Å². The van der Waals surface area contributed by atoms with Gasteiger partial charge < -0.3 is 10.0 Å². The van der Waals surface area contributed by atoms with Crippen molar-refractivity contribution in [3.63, 3.8) is 0 Å². The van der Waals surface area contributed by atoms with Crippen LogP contribution in [0.1, 0.15) is 6.42 Å². The molecule has 0 spiro atoms. The van der Waals surface area contributed by atoms with Gasteiger partial charge in [0.05, 0.1) is 18.8 Å². The van der Waals surface area contributed by atoms with Crippen molar-refractivity contribution in [2.45, 2.75) is 6.42 Å². The van der Waals surface area contributed by atoms with Crippen molar-refractivity contribution >= 4 is 11.9 Å². The molecule has 1 aromatic heterocycles. The molecule has 6 heteroatoms. The topological polar surface area (TPSA) is 66.3 Å². The highest BCUT2D eigenvalue weighted by Crippen LogP contribution is 2.04. The van der Waals surface area contributed by atoms with Gasteiger partial charge in [-0.3, -0.25) is 4.79 Å². The van der Waals surface area contributed by atoms with Crippen LogP contribution >= 0.6 is 0 Å². The van der Waals surface area contributed by atoms with Crippen molar-refractivity contribution in [2.75, 3.05) is 18.5 Å². The highest BCUT2D eigenvalue weighted by Gasteiger charge is 2.06. The molecule has 1 rings (SSSR count). The molecular formula is C8H10FN3O2. The summed E-state index contributed by atoms with van der Waals surface area (Å²) in [6, 6.07) is 0. The van der Waals surface area contributed by atoms with Crippen molar-refractivity contribution in [3.05, 3.63) is 18.2 Å². The third-order valence-electron chi connectivity index (χ3n) is 1.61. The van der Waals surface area contributed by atoms with Crippen LogP contribution in [0.2, 0.25) is 0 Å². The number of aliphatic carboxylic acids is 1. The van der Waals surface area contributed by atoms with E-state index in [0.717, 1.165) is 12.4 Å². The Morgan fingerprint density at radius 3 is 2.64 bits per heavy atom. The molecule has 0 amide bonds. The SMILES string of the molecule is CN(CCC(=O)O)c1ncc(F)cn1. The van der Waals surface area contributed by atoms with E-state index >= 15 is 0 Å². The molecule has 0 saturated heterocycles. The van der Waals surface area contributed by atoms with Crippen molar-refractivity contribution in [1.82, 2.24) is 9.97 Å². The summed E-state index contributed by atoms with van der Waals surface area (Å²) in [4.78, 5) is 19.2. The molecule has 14 heavy (non-hydrogen) atoms. The van der Waals surface area contributed by atoms with Gasteiger partial charge in [0.15, 0.2) is 5.82 Å². The molecular weight excluding hydrogens is 189 g/mol. The quantitative estimate of drug-likeness (QED) is 0.766. The summed E-state index contributed by atoms with van der Waals surface area (Å²) >= 11 is 0. The number of hydrogen-bond acceptors (Lipinski definition) is 4. The summed E-state index contributed by atoms with van der Waals surface area (Å²) in [5, 5.41) is 8.43. The van der Waals surface area contributed by atoms with E-state index < -0.39 is 11.8 Å². The smallest absolute Gasteiger partial charge is 0.305 e. The molecule has 1 N–H and O–H groups in total. The fourth-order valence-corrected chi connectivity index (χ4v) is 0.866. The minimum absolute atomic E-state index is 0.00274. The normalized spacial score (nSPS) is 9.86. The van der Waals surface area contributed by atoms with Crippen molar-refractivity contribution < 1.29 is 14.3 Å². The minimum Gasteiger partial charge on any atom is -0.481 e. The monoisotopic (exact) mass is 199 g/mol. The maximum absolute atomic E-state index is 12.4. The van der Waals surface area contributed by atoms with Crippen molar-refractivity contribution in [1.29, 1.82) is 0 Å². The maximum Gasteiger partial charge on any atom is 0.305 e. The maximum atomic E-state index is 12.4. The number of carboxylic acid groups (broad SMARTS) is 1. The molecule has 0 atom stereocenters. The summed E-state index contributed by atoms with van der Waals surface area (Å²) in [5.74, 6) is -1.09. The summed E-state index contributed by atoms with van der Waals surface area (Å²) in [6.45, 7) is 0.293. The van der Waals surface area contributed by atoms with Crippen LogP contribution in [0, 0.1) is 5.82 Å². The van der Waals surface area contributed by atoms with Gasteiger partial charge in [0.1, 0.15) is 0 Å². The van der Waals surface area contributed by atoms with E-state index in [9.17, 15) is 9.18 Å². The van der Waals surface area contributed by atoms with E-state index in [2.05, 4.69) is 9.97 Å². The van der Waals surface area contributed by atoms with Crippen molar-refractivity contribution in [3.8, 4) is 0 Å². The molecule has 0 saturated carbocycles. The molecule has 0 fully saturated rings. The first-order chi connectivity index (χ1) is 6.59. The molecule has 0 radical (unpaired) electrons. The predicted octanol–water partition coefficient (Wildman–Crippen LogP) is 0.527. The summed E-state index contributed by atoms with van der Waals surface area (Å²) in [7, 11) is 1.65. The molecule has 0 bridgehead atoms. The van der Waals surface area contributed by atoms with E-state index in [1.807, 2.05) is 0 Å². The van der Waals surface area contributed by atoms with Crippen LogP contribution in [0.3, 0.4) is 0 Å². The first-order valence-corrected chi connectivity index (χ1v) is 4.00. The molecule has 0 aliphatic carbocycles. The lowest BCUT2D eigenvalue weighted by molar-refractivity contribution is -0.136. The van der Waals surface area contributed by atoms with Crippen LogP contribution in [0.4, 0.5) is 10.3 Å². The van der Waals surface area contributed by atoms with Gasteiger partial charge in [-0.25, -0.2) is 14.4 Å². The third kappa shape index (κ3) is 2.96. The fraction of sp³-hybridized carbons (Fsp3) is 0.375. The molecule has 1 heterocycles. The molecule has 0 unspecified atom stereocenters. The van der Waals surface area contributed by atoms with Gasteiger partial charge in [0, 0.05) is 13.6 Å². The van der Waals surface area contributed by atoms with Crippen LogP contribution < -0.4 is 4.90 Å². The van der Waals surface area contributed by atoms with Crippen LogP contribution in [-0.2, 0) is 4.79 Å². The Balaban J connectivity index is 2.56. The zero-order valence-electron chi connectivity index (χ0n) is 7.64. The van der Waals surface area contributed by atoms with Gasteiger partial charge in [-0.05, 0) is 0 Å². The Kier molecular flexibility index (Phi) is 3.33. The minimum atomic E-state index is -0.890. The summed E-state index contributed by atoms with van der Waals surface area (Å²) in [5.41, 5.74) is 0. The molecule has 76 valence electrons. The van der Waals surface area contributed by atoms with Crippen LogP contribution in [0.25, 0.3) is 0 Å². The highest BCUT2D eigenvalue weighted by atomic mass is 19.1. The number of rotatable bonds is 4. The van der Waals surface area contributed by atoms with E-state index in [1.165, 1.54) is 0 Å². The lowest BCUT2D eigenvalue weighted by atomic mass is 10.4. The molecule has 0 aromatic carbocycles. The van der Waals surface area contributed by atoms with Gasteiger partial charge in [0.25, 0.3) is 0 Å². The fourth-order valence-electron chi connectivity index (χ4n) is 0.866. The number of aromatic nitrogens is 2. The first-order valence-electron chi connectivity index (χ1n) is 4.00. The van der Waals surface area contributed by atoms with Crippen molar-refractivity contribution in [2.24, 2.45) is 0 Å². The largest absolute Gasteiger partial charge is 0.481 e. The highest BCUT2D eigenvalue weighted by molar-refractivity contribution is 5.67. The average molecular weight is 199 g/mol. The Morgan fingerprint density at radius 2 is 2.14 bits per heavy atom. The molecule has 1 aromatic rings. The molecule has 0 aliphatic rings. The number of anilines is 1. The Bertz CT molecular complexity index is 315. The first kappa shape index (κ1) is 10.4. The Hall–Kier alpha value is -1.72. The van der Waals surface area contributed by atoms with Crippen LogP contribution in [-0.4, -0.2) is 34.6 Å². The van der Waals surface area contributed by atoms with E-state index in [1.54, 1.807) is 11.9 Å². The lowest BCUT2D eigenvalue weighted by Crippen LogP contribution is -2.23. The summed E-state index contributed by atoms with van der Waals surface area (Å²) < 4.78 is 12.4. The van der Waals surface area contributed by atoms with E-state index in [0.29, 0.717) is 12.5 Å². The number of halogens is 1. The third-order valence-corrected chi connectivity index (χ3v) is 1.61. The Morgan fingerprint density at radius 1 is 1.57 bits per heavy atom. The van der Waals surface area contributed by atoms with E-state index in [4.69, 9.17) is 5.11 Å². The van der Waals surface area contributed by atoms with Gasteiger partial charge in [0.2, 0.25) is 5.95 Å². The summed E-state index contributed by atoms with van der Waals surface area (Å²) in [6.07, 6.45) is 2.08. The second-order valence-electron chi connectivity index (χ2n) is 2.77. The lowest BCUT2D eigenvalue weighted by Gasteiger charge is -2.14. The molecule has 0 aliphatic heterocycles. The second kappa shape index (κ2) is 4.50. The Labute approximate surface area is 80.2 Å². The van der Waals surface area contributed by atoms with Gasteiger partial charge >= 0.3 is 5.97 Å². The standard InChI is InChI=1S/C8H10FN3O2/c1-12(3-2-7(13)14)8-10-4-6(9)5-11-8/h4-5H,2-3H2,1H3,(H,13,14). The zero-order valence-corrected chi connectivity index (χ0v) is 7.64. The number of carboxylic acids is 1. The van der Waals surface area contributed by atoms with Gasteiger partial charge in [-0.1, -0.05) is 0 Å². The average Bonchev–Trinajstić information content (AvgIpc) is 2.15. The van der Waals surface area contributed by atoms with Gasteiger partial charge in [-0.15, -0.1) is 0 Å². The number of carbonyl (C=O) groups is 1. The number of hydrogen-bond donors (Lipinski definition) is 1. The van der Waals surface area contributed by atoms with E-state index in [-0.39, 0.29) is 6.42 Å².